The first-order chi connectivity index (χ1) is 14.3. The third-order valence-electron chi connectivity index (χ3n) is 4.29. The van der Waals surface area contributed by atoms with Crippen molar-refractivity contribution in [3.8, 4) is 17.3 Å². The fraction of sp³-hybridized carbons (Fsp3) is 0.300. The number of carbonyl (C=O) groups is 1. The minimum Gasteiger partial charge on any atom is -0.385 e. The van der Waals surface area contributed by atoms with Crippen LogP contribution in [0.2, 0.25) is 5.02 Å². The van der Waals surface area contributed by atoms with Crippen LogP contribution < -0.4 is 5.32 Å². The molecule has 156 valence electrons. The summed E-state index contributed by atoms with van der Waals surface area (Å²) < 4.78 is 20.5. The van der Waals surface area contributed by atoms with E-state index in [1.54, 1.807) is 29.9 Å². The van der Waals surface area contributed by atoms with Crippen LogP contribution in [0.4, 0.5) is 4.39 Å². The lowest BCUT2D eigenvalue weighted by Crippen LogP contribution is -2.36. The third kappa shape index (κ3) is 5.03. The van der Waals surface area contributed by atoms with Crippen LogP contribution >= 0.6 is 11.6 Å². The highest BCUT2D eigenvalue weighted by Gasteiger charge is 2.15. The number of nitrogens with zero attached hydrogens (tertiary/aromatic N) is 4. The van der Waals surface area contributed by atoms with Gasteiger partial charge in [0.15, 0.2) is 5.76 Å². The molecule has 8 nitrogen and oxygen atoms in total. The molecule has 3 rings (SSSR count). The molecule has 1 amide bonds. The maximum atomic E-state index is 14.0. The summed E-state index contributed by atoms with van der Waals surface area (Å²) in [6, 6.07) is 7.41. The van der Waals surface area contributed by atoms with Crippen LogP contribution in [0.25, 0.3) is 11.3 Å². The molecule has 0 aliphatic rings. The number of nitriles is 1. The first-order valence-electron chi connectivity index (χ1n) is 9.12. The van der Waals surface area contributed by atoms with Crippen molar-refractivity contribution in [1.29, 1.82) is 5.26 Å². The van der Waals surface area contributed by atoms with Crippen LogP contribution in [0.1, 0.15) is 37.0 Å². The first-order valence-corrected chi connectivity index (χ1v) is 9.50. The van der Waals surface area contributed by atoms with Crippen molar-refractivity contribution in [2.24, 2.45) is 0 Å². The molecule has 0 bridgehead atoms. The van der Waals surface area contributed by atoms with Crippen molar-refractivity contribution in [1.82, 2.24) is 20.3 Å². The fourth-order valence-corrected chi connectivity index (χ4v) is 3.12. The van der Waals surface area contributed by atoms with Gasteiger partial charge in [-0.05, 0) is 32.0 Å². The second kappa shape index (κ2) is 9.07. The Balaban J connectivity index is 1.60. The molecule has 2 heterocycles. The maximum Gasteiger partial charge on any atom is 0.226 e. The number of benzene rings is 1. The largest absolute Gasteiger partial charge is 0.385 e. The van der Waals surface area contributed by atoms with Gasteiger partial charge < -0.3 is 14.9 Å². The van der Waals surface area contributed by atoms with Gasteiger partial charge in [-0.3, -0.25) is 9.48 Å². The van der Waals surface area contributed by atoms with Crippen molar-refractivity contribution < 1.29 is 18.8 Å². The van der Waals surface area contributed by atoms with Gasteiger partial charge in [0.25, 0.3) is 0 Å². The zero-order valence-corrected chi connectivity index (χ0v) is 17.0. The quantitative estimate of drug-likeness (QED) is 0.593. The number of rotatable bonds is 7. The van der Waals surface area contributed by atoms with Crippen LogP contribution in [0.5, 0.6) is 0 Å². The molecule has 2 aromatic heterocycles. The van der Waals surface area contributed by atoms with Crippen molar-refractivity contribution >= 4 is 17.5 Å². The molecule has 0 radical (unpaired) electrons. The SMILES string of the molecule is CC(O)c1cc(CC(=O)N[C@@H](C)Cn2ccc(-c3cc(F)c(C#N)c(Cl)c3)n2)no1. The van der Waals surface area contributed by atoms with Crippen LogP contribution in [-0.4, -0.2) is 32.0 Å². The Labute approximate surface area is 176 Å². The molecule has 0 saturated heterocycles. The molecule has 1 aromatic carbocycles. The second-order valence-corrected chi connectivity index (χ2v) is 7.30. The molecular weight excluding hydrogens is 413 g/mol. The molecule has 0 spiro atoms. The molecular formula is C20H19ClFN5O3. The predicted molar refractivity (Wildman–Crippen MR) is 106 cm³/mol. The lowest BCUT2D eigenvalue weighted by atomic mass is 10.1. The molecule has 0 aliphatic carbocycles. The van der Waals surface area contributed by atoms with E-state index < -0.39 is 11.9 Å². The summed E-state index contributed by atoms with van der Waals surface area (Å²) in [5, 5.41) is 29.3. The number of halogens is 2. The highest BCUT2D eigenvalue weighted by molar-refractivity contribution is 6.32. The Bertz CT molecular complexity index is 1080. The number of aromatic nitrogens is 3. The second-order valence-electron chi connectivity index (χ2n) is 6.89. The molecule has 0 aliphatic heterocycles. The Morgan fingerprint density at radius 3 is 2.83 bits per heavy atom. The fourth-order valence-electron chi connectivity index (χ4n) is 2.87. The minimum absolute atomic E-state index is 0.0218. The van der Waals surface area contributed by atoms with E-state index in [-0.39, 0.29) is 29.0 Å². The molecule has 2 N–H and O–H groups in total. The molecule has 0 fully saturated rings. The van der Waals surface area contributed by atoms with Gasteiger partial charge in [-0.2, -0.15) is 10.4 Å². The minimum atomic E-state index is -0.790. The number of amides is 1. The van der Waals surface area contributed by atoms with Crippen LogP contribution in [0.15, 0.2) is 35.0 Å². The topological polar surface area (TPSA) is 117 Å². The van der Waals surface area contributed by atoms with Gasteiger partial charge in [-0.15, -0.1) is 0 Å². The van der Waals surface area contributed by atoms with E-state index in [1.807, 2.05) is 6.92 Å². The van der Waals surface area contributed by atoms with E-state index in [1.165, 1.54) is 18.2 Å². The van der Waals surface area contributed by atoms with E-state index in [2.05, 4.69) is 15.6 Å². The summed E-state index contributed by atoms with van der Waals surface area (Å²) in [5.41, 5.74) is 1.17. The lowest BCUT2D eigenvalue weighted by Gasteiger charge is -2.13. The van der Waals surface area contributed by atoms with E-state index in [0.717, 1.165) is 0 Å². The van der Waals surface area contributed by atoms with Gasteiger partial charge in [0, 0.05) is 23.9 Å². The van der Waals surface area contributed by atoms with Crippen molar-refractivity contribution in [3.05, 3.63) is 58.3 Å². The Hall–Kier alpha value is -3.22. The maximum absolute atomic E-state index is 14.0. The van der Waals surface area contributed by atoms with Gasteiger partial charge in [0.1, 0.15) is 23.6 Å². The summed E-state index contributed by atoms with van der Waals surface area (Å²) in [4.78, 5) is 12.2. The summed E-state index contributed by atoms with van der Waals surface area (Å²) in [7, 11) is 0. The van der Waals surface area contributed by atoms with Gasteiger partial charge in [0.2, 0.25) is 5.91 Å². The van der Waals surface area contributed by atoms with E-state index in [9.17, 15) is 14.3 Å². The van der Waals surface area contributed by atoms with E-state index in [0.29, 0.717) is 29.3 Å². The van der Waals surface area contributed by atoms with E-state index >= 15 is 0 Å². The third-order valence-corrected chi connectivity index (χ3v) is 4.59. The normalized spacial score (nSPS) is 12.9. The molecule has 0 saturated carbocycles. The van der Waals surface area contributed by atoms with Crippen molar-refractivity contribution in [3.63, 3.8) is 0 Å². The van der Waals surface area contributed by atoms with Gasteiger partial charge in [-0.25, -0.2) is 4.39 Å². The number of carbonyl (C=O) groups excluding carboxylic acids is 1. The molecule has 30 heavy (non-hydrogen) atoms. The summed E-state index contributed by atoms with van der Waals surface area (Å²) in [6.45, 7) is 3.75. The first kappa shape index (κ1) is 21.5. The van der Waals surface area contributed by atoms with Crippen LogP contribution in [-0.2, 0) is 17.8 Å². The highest BCUT2D eigenvalue weighted by atomic mass is 35.5. The molecule has 2 atom stereocenters. The molecule has 1 unspecified atom stereocenters. The summed E-state index contributed by atoms with van der Waals surface area (Å²) in [6.07, 6.45) is 0.935. The van der Waals surface area contributed by atoms with Crippen molar-refractivity contribution in [2.45, 2.75) is 39.0 Å². The van der Waals surface area contributed by atoms with Crippen LogP contribution in [0.3, 0.4) is 0 Å². The summed E-state index contributed by atoms with van der Waals surface area (Å²) >= 11 is 5.95. The van der Waals surface area contributed by atoms with Gasteiger partial charge >= 0.3 is 0 Å². The Morgan fingerprint density at radius 2 is 2.20 bits per heavy atom. The average molecular weight is 432 g/mol. The number of aliphatic hydroxyl groups is 1. The zero-order valence-electron chi connectivity index (χ0n) is 16.3. The van der Waals surface area contributed by atoms with E-state index in [4.69, 9.17) is 21.4 Å². The standard InChI is InChI=1S/C20H19ClFN5O3/c1-11(24-20(29)8-14-7-19(12(2)28)30-26-14)10-27-4-3-18(25-27)13-5-16(21)15(9-23)17(22)6-13/h3-7,11-12,28H,8,10H2,1-2H3,(H,24,29)/t11-,12?/m0/s1. The zero-order chi connectivity index (χ0) is 21.8. The summed E-state index contributed by atoms with van der Waals surface area (Å²) in [5.74, 6) is -0.655. The number of hydrogen-bond donors (Lipinski definition) is 2. The monoisotopic (exact) mass is 431 g/mol. The smallest absolute Gasteiger partial charge is 0.226 e. The van der Waals surface area contributed by atoms with Crippen molar-refractivity contribution in [2.75, 3.05) is 0 Å². The number of hydrogen-bond acceptors (Lipinski definition) is 6. The number of nitrogens with one attached hydrogen (secondary N) is 1. The Kier molecular flexibility index (Phi) is 6.50. The highest BCUT2D eigenvalue weighted by Crippen LogP contribution is 2.26. The average Bonchev–Trinajstić information content (AvgIpc) is 3.31. The van der Waals surface area contributed by atoms with Gasteiger partial charge in [-0.1, -0.05) is 16.8 Å². The predicted octanol–water partition coefficient (Wildman–Crippen LogP) is 3.00. The number of aliphatic hydroxyl groups excluding tert-OH is 1. The molecule has 10 heteroatoms. The van der Waals surface area contributed by atoms with Gasteiger partial charge in [0.05, 0.1) is 29.4 Å². The lowest BCUT2D eigenvalue weighted by molar-refractivity contribution is -0.121. The van der Waals surface area contributed by atoms with Crippen LogP contribution in [0, 0.1) is 17.1 Å². The molecule has 3 aromatic rings. The Morgan fingerprint density at radius 1 is 1.43 bits per heavy atom.